The Morgan fingerprint density at radius 2 is 2.00 bits per heavy atom. The molecule has 0 amide bonds. The first-order chi connectivity index (χ1) is 4.79. The molecule has 0 aliphatic heterocycles. The van der Waals surface area contributed by atoms with E-state index in [9.17, 15) is 0 Å². The molecular weight excluding hydrogens is 282 g/mol. The Labute approximate surface area is 113 Å². The van der Waals surface area contributed by atoms with Gasteiger partial charge >= 0.3 is 26.2 Å². The normalized spacial score (nSPS) is 12.7. The third-order valence-corrected chi connectivity index (χ3v) is 1.76. The van der Waals surface area contributed by atoms with Gasteiger partial charge in [0.05, 0.1) is 0 Å². The summed E-state index contributed by atoms with van der Waals surface area (Å²) in [4.78, 5) is 0. The van der Waals surface area contributed by atoms with Crippen LogP contribution in [0.25, 0.3) is 0 Å². The molecule has 1 aliphatic rings. The Morgan fingerprint density at radius 1 is 1.38 bits per heavy atom. The second-order valence-electron chi connectivity index (χ2n) is 3.24. The molecular formula is C10H15Cl2Zr. The van der Waals surface area contributed by atoms with E-state index in [0.29, 0.717) is 0 Å². The smallest absolute Gasteiger partial charge is 1.00 e. The van der Waals surface area contributed by atoms with E-state index in [-0.39, 0.29) is 51.0 Å². The van der Waals surface area contributed by atoms with Crippen molar-refractivity contribution < 1.29 is 51.0 Å². The molecule has 0 fully saturated rings. The molecule has 0 aromatic heterocycles. The van der Waals surface area contributed by atoms with Gasteiger partial charge in [-0.25, -0.2) is 11.6 Å². The molecule has 0 bridgehead atoms. The fourth-order valence-electron chi connectivity index (χ4n) is 1.07. The summed E-state index contributed by atoms with van der Waals surface area (Å²) in [7, 11) is 0. The van der Waals surface area contributed by atoms with Gasteiger partial charge in [0.25, 0.3) is 0 Å². The van der Waals surface area contributed by atoms with Gasteiger partial charge in [0.1, 0.15) is 0 Å². The number of halogens is 2. The van der Waals surface area contributed by atoms with E-state index in [1.54, 1.807) is 0 Å². The van der Waals surface area contributed by atoms with Gasteiger partial charge in [-0.1, -0.05) is 20.3 Å². The number of hydrogen-bond acceptors (Lipinski definition) is 0. The van der Waals surface area contributed by atoms with Gasteiger partial charge in [-0.3, -0.25) is 6.08 Å². The molecule has 0 nitrogen and oxygen atoms in total. The fraction of sp³-hybridized carbons (Fsp3) is 0.600. The average molecular weight is 297 g/mol. The summed E-state index contributed by atoms with van der Waals surface area (Å²) in [6.45, 7) is 4.53. The maximum absolute atomic E-state index is 3.32. The molecule has 0 aromatic rings. The molecule has 0 heterocycles. The molecule has 1 rings (SSSR count). The summed E-state index contributed by atoms with van der Waals surface area (Å²) < 4.78 is 0. The fourth-order valence-corrected chi connectivity index (χ4v) is 1.07. The minimum absolute atomic E-state index is 0. The van der Waals surface area contributed by atoms with E-state index in [1.807, 2.05) is 0 Å². The van der Waals surface area contributed by atoms with Crippen LogP contribution in [0.5, 0.6) is 0 Å². The van der Waals surface area contributed by atoms with E-state index >= 15 is 0 Å². The Hall–Kier alpha value is 0.943. The van der Waals surface area contributed by atoms with Gasteiger partial charge in [0.15, 0.2) is 0 Å². The topological polar surface area (TPSA) is 0 Å². The predicted octanol–water partition coefficient (Wildman–Crippen LogP) is -2.88. The summed E-state index contributed by atoms with van der Waals surface area (Å²) >= 11 is 0. The molecule has 0 atom stereocenters. The second-order valence-corrected chi connectivity index (χ2v) is 3.24. The van der Waals surface area contributed by atoms with E-state index < -0.39 is 0 Å². The molecule has 13 heavy (non-hydrogen) atoms. The van der Waals surface area contributed by atoms with Crippen LogP contribution in [-0.4, -0.2) is 0 Å². The van der Waals surface area contributed by atoms with Crippen LogP contribution in [0.15, 0.2) is 17.7 Å². The molecule has 0 unspecified atom stereocenters. The van der Waals surface area contributed by atoms with Crippen molar-refractivity contribution in [2.75, 3.05) is 0 Å². The Morgan fingerprint density at radius 3 is 2.38 bits per heavy atom. The van der Waals surface area contributed by atoms with Crippen LogP contribution in [0.2, 0.25) is 0 Å². The first kappa shape index (κ1) is 19.5. The van der Waals surface area contributed by atoms with Crippen molar-refractivity contribution in [2.24, 2.45) is 5.92 Å². The summed E-state index contributed by atoms with van der Waals surface area (Å²) in [5.74, 6) is 0.822. The van der Waals surface area contributed by atoms with Crippen LogP contribution in [0.1, 0.15) is 33.1 Å². The van der Waals surface area contributed by atoms with Crippen molar-refractivity contribution in [3.63, 3.8) is 0 Å². The number of hydrogen-bond donors (Lipinski definition) is 0. The molecule has 0 N–H and O–H groups in total. The van der Waals surface area contributed by atoms with E-state index in [4.69, 9.17) is 0 Å². The van der Waals surface area contributed by atoms with Crippen LogP contribution < -0.4 is 24.8 Å². The van der Waals surface area contributed by atoms with Crippen LogP contribution in [0, 0.1) is 12.0 Å². The SMILES string of the molecule is CC(C)CCC1=[C-]CC=C1.[Cl-].[Cl-].[Zr+3]. The zero-order valence-corrected chi connectivity index (χ0v) is 12.1. The maximum atomic E-state index is 3.32. The van der Waals surface area contributed by atoms with Gasteiger partial charge < -0.3 is 24.8 Å². The van der Waals surface area contributed by atoms with Crippen LogP contribution in [-0.2, 0) is 26.2 Å². The van der Waals surface area contributed by atoms with Crippen molar-refractivity contribution in [3.8, 4) is 0 Å². The zero-order chi connectivity index (χ0) is 7.40. The van der Waals surface area contributed by atoms with Crippen LogP contribution in [0.3, 0.4) is 0 Å². The Kier molecular flexibility index (Phi) is 16.5. The zero-order valence-electron chi connectivity index (χ0n) is 8.11. The minimum Gasteiger partial charge on any atom is -1.00 e. The molecule has 0 aromatic carbocycles. The van der Waals surface area contributed by atoms with Gasteiger partial charge in [0, 0.05) is 0 Å². The predicted molar refractivity (Wildman–Crippen MR) is 44.6 cm³/mol. The molecule has 73 valence electrons. The van der Waals surface area contributed by atoms with Gasteiger partial charge in [-0.05, 0) is 12.3 Å². The Balaban J connectivity index is -0.000000333. The molecule has 0 saturated heterocycles. The van der Waals surface area contributed by atoms with Crippen LogP contribution in [0.4, 0.5) is 0 Å². The number of allylic oxidation sites excluding steroid dienone is 4. The van der Waals surface area contributed by atoms with Crippen molar-refractivity contribution in [3.05, 3.63) is 23.8 Å². The molecule has 0 saturated carbocycles. The number of rotatable bonds is 3. The average Bonchev–Trinajstić information content (AvgIpc) is 2.34. The van der Waals surface area contributed by atoms with Crippen molar-refractivity contribution >= 4 is 0 Å². The molecule has 1 radical (unpaired) electrons. The Bertz CT molecular complexity index is 162. The molecule has 3 heteroatoms. The van der Waals surface area contributed by atoms with Crippen molar-refractivity contribution in [1.82, 2.24) is 0 Å². The van der Waals surface area contributed by atoms with Gasteiger partial charge in [-0.2, -0.15) is 6.08 Å². The first-order valence-corrected chi connectivity index (χ1v) is 4.05. The van der Waals surface area contributed by atoms with Crippen molar-refractivity contribution in [1.29, 1.82) is 0 Å². The third kappa shape index (κ3) is 9.25. The summed E-state index contributed by atoms with van der Waals surface area (Å²) in [6, 6.07) is 0. The maximum Gasteiger partial charge on any atom is 3.00 e. The second kappa shape index (κ2) is 11.0. The van der Waals surface area contributed by atoms with E-state index in [1.165, 1.54) is 18.4 Å². The molecule has 0 spiro atoms. The van der Waals surface area contributed by atoms with Gasteiger partial charge in [0.2, 0.25) is 0 Å². The minimum atomic E-state index is 0. The van der Waals surface area contributed by atoms with Gasteiger partial charge in [-0.15, -0.1) is 6.42 Å². The van der Waals surface area contributed by atoms with E-state index in [2.05, 4.69) is 32.1 Å². The van der Waals surface area contributed by atoms with Crippen LogP contribution >= 0.6 is 0 Å². The summed E-state index contributed by atoms with van der Waals surface area (Å²) in [5.41, 5.74) is 1.41. The summed E-state index contributed by atoms with van der Waals surface area (Å²) in [6.07, 6.45) is 11.2. The summed E-state index contributed by atoms with van der Waals surface area (Å²) in [5, 5.41) is 0. The van der Waals surface area contributed by atoms with Crippen molar-refractivity contribution in [2.45, 2.75) is 33.1 Å². The molecule has 1 aliphatic carbocycles. The first-order valence-electron chi connectivity index (χ1n) is 4.05. The largest absolute Gasteiger partial charge is 3.00 e. The third-order valence-electron chi connectivity index (χ3n) is 1.76. The van der Waals surface area contributed by atoms with E-state index in [0.717, 1.165) is 12.3 Å². The standard InChI is InChI=1S/C10H15.2ClH.Zr/c1-9(2)7-8-10-5-3-4-6-10;;;/h3,5,9H,4,7-8H2,1-2H3;2*1H;/q-1;;;+3/p-2. The quantitative estimate of drug-likeness (QED) is 0.491. The monoisotopic (exact) mass is 295 g/mol.